The second-order valence-corrected chi connectivity index (χ2v) is 4.42. The molecule has 0 aliphatic heterocycles. The summed E-state index contributed by atoms with van der Waals surface area (Å²) >= 11 is 1.17. The number of carbonyl (C=O) groups excluding carboxylic acids is 1. The summed E-state index contributed by atoms with van der Waals surface area (Å²) in [7, 11) is 1.30. The maximum absolute atomic E-state index is 12.8. The first-order chi connectivity index (χ1) is 7.58. The van der Waals surface area contributed by atoms with Crippen LogP contribution in [-0.2, 0) is 9.53 Å². The average Bonchev–Trinajstić information content (AvgIpc) is 2.30. The summed E-state index contributed by atoms with van der Waals surface area (Å²) in [5.41, 5.74) is 0.223. The molecule has 0 bridgehead atoms. The van der Waals surface area contributed by atoms with Gasteiger partial charge in [-0.2, -0.15) is 5.26 Å². The Morgan fingerprint density at radius 3 is 2.88 bits per heavy atom. The van der Waals surface area contributed by atoms with E-state index in [-0.39, 0.29) is 11.5 Å². The first kappa shape index (κ1) is 12.5. The lowest BCUT2D eigenvalue weighted by molar-refractivity contribution is -0.139. The fourth-order valence-corrected chi connectivity index (χ4v) is 2.05. The van der Waals surface area contributed by atoms with E-state index in [0.717, 1.165) is 6.07 Å². The zero-order chi connectivity index (χ0) is 12.1. The molecule has 0 saturated heterocycles. The molecular weight excluding hydrogens is 229 g/mol. The van der Waals surface area contributed by atoms with Crippen molar-refractivity contribution in [1.29, 1.82) is 5.26 Å². The van der Waals surface area contributed by atoms with E-state index in [2.05, 4.69) is 4.74 Å². The van der Waals surface area contributed by atoms with E-state index in [1.807, 2.05) is 6.07 Å². The standard InChI is InChI=1S/C11H10FNO2S/c1-7(11(14)15-2)16-10-4-3-9(12)5-8(10)6-13/h3-5,7H,1-2H3. The summed E-state index contributed by atoms with van der Waals surface area (Å²) in [4.78, 5) is 11.8. The van der Waals surface area contributed by atoms with Gasteiger partial charge in [0.15, 0.2) is 0 Å². The second kappa shape index (κ2) is 5.52. The van der Waals surface area contributed by atoms with Crippen molar-refractivity contribution in [3.63, 3.8) is 0 Å². The number of hydrogen-bond donors (Lipinski definition) is 0. The molecule has 0 heterocycles. The molecule has 1 aromatic carbocycles. The van der Waals surface area contributed by atoms with Crippen LogP contribution in [0.15, 0.2) is 23.1 Å². The summed E-state index contributed by atoms with van der Waals surface area (Å²) in [6.45, 7) is 1.67. The van der Waals surface area contributed by atoms with Crippen molar-refractivity contribution < 1.29 is 13.9 Å². The van der Waals surface area contributed by atoms with Crippen molar-refractivity contribution in [3.05, 3.63) is 29.6 Å². The molecule has 1 unspecified atom stereocenters. The van der Waals surface area contributed by atoms with E-state index in [1.165, 1.54) is 31.0 Å². The van der Waals surface area contributed by atoms with Crippen LogP contribution < -0.4 is 0 Å². The Kier molecular flexibility index (Phi) is 4.32. The number of rotatable bonds is 3. The van der Waals surface area contributed by atoms with Crippen LogP contribution in [0.2, 0.25) is 0 Å². The lowest BCUT2D eigenvalue weighted by atomic mass is 10.2. The zero-order valence-electron chi connectivity index (χ0n) is 8.86. The van der Waals surface area contributed by atoms with Crippen LogP contribution in [-0.4, -0.2) is 18.3 Å². The van der Waals surface area contributed by atoms with Gasteiger partial charge in [-0.05, 0) is 25.1 Å². The largest absolute Gasteiger partial charge is 0.468 e. The predicted molar refractivity (Wildman–Crippen MR) is 58.5 cm³/mol. The van der Waals surface area contributed by atoms with E-state index in [0.29, 0.717) is 4.90 Å². The van der Waals surface area contributed by atoms with Gasteiger partial charge in [0.1, 0.15) is 17.1 Å². The molecule has 84 valence electrons. The molecule has 1 aromatic rings. The molecule has 0 aliphatic rings. The lowest BCUT2D eigenvalue weighted by Gasteiger charge is -2.09. The number of nitriles is 1. The summed E-state index contributed by atoms with van der Waals surface area (Å²) in [5.74, 6) is -0.843. The Morgan fingerprint density at radius 1 is 1.62 bits per heavy atom. The van der Waals surface area contributed by atoms with Crippen molar-refractivity contribution in [2.24, 2.45) is 0 Å². The number of carbonyl (C=O) groups is 1. The first-order valence-corrected chi connectivity index (χ1v) is 5.40. The Hall–Kier alpha value is -1.54. The Morgan fingerprint density at radius 2 is 2.31 bits per heavy atom. The van der Waals surface area contributed by atoms with Gasteiger partial charge < -0.3 is 4.74 Å². The fourth-order valence-electron chi connectivity index (χ4n) is 1.10. The third-order valence-corrected chi connectivity index (χ3v) is 3.05. The van der Waals surface area contributed by atoms with Crippen molar-refractivity contribution in [1.82, 2.24) is 0 Å². The maximum Gasteiger partial charge on any atom is 0.318 e. The SMILES string of the molecule is COC(=O)C(C)Sc1ccc(F)cc1C#N. The van der Waals surface area contributed by atoms with Crippen LogP contribution in [0.25, 0.3) is 0 Å². The number of nitrogens with zero attached hydrogens (tertiary/aromatic N) is 1. The van der Waals surface area contributed by atoms with Crippen molar-refractivity contribution >= 4 is 17.7 Å². The minimum atomic E-state index is -0.466. The molecular formula is C11H10FNO2S. The van der Waals surface area contributed by atoms with Gasteiger partial charge >= 0.3 is 5.97 Å². The van der Waals surface area contributed by atoms with E-state index in [4.69, 9.17) is 5.26 Å². The molecule has 3 nitrogen and oxygen atoms in total. The number of esters is 1. The van der Waals surface area contributed by atoms with E-state index in [1.54, 1.807) is 6.92 Å². The monoisotopic (exact) mass is 239 g/mol. The Labute approximate surface area is 97.2 Å². The number of benzene rings is 1. The Bertz CT molecular complexity index is 442. The maximum atomic E-state index is 12.8. The van der Waals surface area contributed by atoms with Gasteiger partial charge in [-0.15, -0.1) is 11.8 Å². The highest BCUT2D eigenvalue weighted by atomic mass is 32.2. The summed E-state index contributed by atoms with van der Waals surface area (Å²) in [6.07, 6.45) is 0. The van der Waals surface area contributed by atoms with Crippen LogP contribution in [0.1, 0.15) is 12.5 Å². The van der Waals surface area contributed by atoms with Gasteiger partial charge in [-0.25, -0.2) is 4.39 Å². The fraction of sp³-hybridized carbons (Fsp3) is 0.273. The van der Waals surface area contributed by atoms with Crippen molar-refractivity contribution in [2.75, 3.05) is 7.11 Å². The second-order valence-electron chi connectivity index (χ2n) is 3.04. The quantitative estimate of drug-likeness (QED) is 0.600. The lowest BCUT2D eigenvalue weighted by Crippen LogP contribution is -2.14. The van der Waals surface area contributed by atoms with Crippen LogP contribution in [0.5, 0.6) is 0 Å². The molecule has 0 N–H and O–H groups in total. The van der Waals surface area contributed by atoms with Gasteiger partial charge in [0, 0.05) is 4.90 Å². The number of halogens is 1. The molecule has 0 saturated carbocycles. The molecule has 1 rings (SSSR count). The zero-order valence-corrected chi connectivity index (χ0v) is 9.68. The summed E-state index contributed by atoms with van der Waals surface area (Å²) in [5, 5.41) is 8.38. The number of ether oxygens (including phenoxy) is 1. The molecule has 0 fully saturated rings. The number of methoxy groups -OCH3 is 1. The van der Waals surface area contributed by atoms with Gasteiger partial charge in [-0.1, -0.05) is 0 Å². The van der Waals surface area contributed by atoms with Gasteiger partial charge in [0.25, 0.3) is 0 Å². The third kappa shape index (κ3) is 2.97. The van der Waals surface area contributed by atoms with Gasteiger partial charge in [-0.3, -0.25) is 4.79 Å². The highest BCUT2D eigenvalue weighted by Gasteiger charge is 2.16. The van der Waals surface area contributed by atoms with Crippen molar-refractivity contribution in [3.8, 4) is 6.07 Å². The molecule has 0 amide bonds. The molecule has 0 spiro atoms. The number of thioether (sulfide) groups is 1. The third-order valence-electron chi connectivity index (χ3n) is 1.90. The first-order valence-electron chi connectivity index (χ1n) is 4.52. The average molecular weight is 239 g/mol. The van der Waals surface area contributed by atoms with Crippen LogP contribution in [0.3, 0.4) is 0 Å². The molecule has 1 atom stereocenters. The highest BCUT2D eigenvalue weighted by molar-refractivity contribution is 8.00. The molecule has 0 aromatic heterocycles. The summed E-state index contributed by atoms with van der Waals surface area (Å²) in [6, 6.07) is 5.77. The van der Waals surface area contributed by atoms with Crippen LogP contribution >= 0.6 is 11.8 Å². The van der Waals surface area contributed by atoms with E-state index >= 15 is 0 Å². The molecule has 16 heavy (non-hydrogen) atoms. The highest BCUT2D eigenvalue weighted by Crippen LogP contribution is 2.27. The van der Waals surface area contributed by atoms with Crippen LogP contribution in [0, 0.1) is 17.1 Å². The molecule has 0 aliphatic carbocycles. The minimum Gasteiger partial charge on any atom is -0.468 e. The Balaban J connectivity index is 2.90. The normalized spacial score (nSPS) is 11.6. The minimum absolute atomic E-state index is 0.223. The smallest absolute Gasteiger partial charge is 0.318 e. The summed E-state index contributed by atoms with van der Waals surface area (Å²) < 4.78 is 17.4. The van der Waals surface area contributed by atoms with Crippen molar-refractivity contribution in [2.45, 2.75) is 17.1 Å². The van der Waals surface area contributed by atoms with Crippen LogP contribution in [0.4, 0.5) is 4.39 Å². The van der Waals surface area contributed by atoms with E-state index < -0.39 is 11.1 Å². The van der Waals surface area contributed by atoms with Gasteiger partial charge in [0.2, 0.25) is 0 Å². The van der Waals surface area contributed by atoms with Gasteiger partial charge in [0.05, 0.1) is 12.7 Å². The predicted octanol–water partition coefficient (Wildman–Crippen LogP) is 2.35. The number of hydrogen-bond acceptors (Lipinski definition) is 4. The molecule has 0 radical (unpaired) electrons. The van der Waals surface area contributed by atoms with E-state index in [9.17, 15) is 9.18 Å². The molecule has 5 heteroatoms. The topological polar surface area (TPSA) is 50.1 Å².